The molecule has 1 N–H and O–H groups in total. The number of furan rings is 1. The van der Waals surface area contributed by atoms with Crippen LogP contribution in [0.2, 0.25) is 0 Å². The molecule has 0 spiro atoms. The van der Waals surface area contributed by atoms with E-state index >= 15 is 0 Å². The predicted molar refractivity (Wildman–Crippen MR) is 99.8 cm³/mol. The molecule has 3 rings (SSSR count). The summed E-state index contributed by atoms with van der Waals surface area (Å²) in [7, 11) is -2.47. The fraction of sp³-hybridized carbons (Fsp3) is 0.368. The van der Waals surface area contributed by atoms with Crippen molar-refractivity contribution in [3.63, 3.8) is 0 Å². The van der Waals surface area contributed by atoms with E-state index in [9.17, 15) is 18.0 Å². The Bertz CT molecular complexity index is 958. The van der Waals surface area contributed by atoms with Gasteiger partial charge in [-0.15, -0.1) is 0 Å². The fourth-order valence-corrected chi connectivity index (χ4v) is 3.89. The molecule has 1 aliphatic rings. The fourth-order valence-electron chi connectivity index (χ4n) is 2.82. The summed E-state index contributed by atoms with van der Waals surface area (Å²) >= 11 is 0. The number of ether oxygens (including phenoxy) is 3. The van der Waals surface area contributed by atoms with Crippen molar-refractivity contribution < 1.29 is 36.6 Å². The number of sulfonamides is 1. The van der Waals surface area contributed by atoms with Crippen LogP contribution in [-0.4, -0.2) is 46.7 Å². The van der Waals surface area contributed by atoms with Crippen LogP contribution in [0.15, 0.2) is 45.9 Å². The quantitative estimate of drug-likeness (QED) is 0.639. The molecule has 1 unspecified atom stereocenters. The molecule has 1 aromatic carbocycles. The summed E-state index contributed by atoms with van der Waals surface area (Å²) in [4.78, 5) is 23.8. The first-order valence-electron chi connectivity index (χ1n) is 8.94. The number of methoxy groups -OCH3 is 1. The molecule has 0 bridgehead atoms. The van der Waals surface area contributed by atoms with E-state index in [1.807, 2.05) is 0 Å². The minimum atomic E-state index is -3.70. The molecule has 0 aliphatic carbocycles. The summed E-state index contributed by atoms with van der Waals surface area (Å²) in [6, 6.07) is 6.76. The molecule has 10 heteroatoms. The Kier molecular flexibility index (Phi) is 6.68. The van der Waals surface area contributed by atoms with Gasteiger partial charge in [0.15, 0.2) is 12.4 Å². The highest BCUT2D eigenvalue weighted by Gasteiger charge is 2.21. The molecule has 1 aliphatic heterocycles. The third-order valence-corrected chi connectivity index (χ3v) is 5.85. The lowest BCUT2D eigenvalue weighted by atomic mass is 10.2. The summed E-state index contributed by atoms with van der Waals surface area (Å²) in [6.45, 7) is 0.583. The predicted octanol–water partition coefficient (Wildman–Crippen LogP) is 1.88. The number of rotatable bonds is 8. The minimum absolute atomic E-state index is 0.0334. The van der Waals surface area contributed by atoms with Crippen molar-refractivity contribution in [2.24, 2.45) is 0 Å². The second kappa shape index (κ2) is 9.21. The molecule has 0 amide bonds. The molecule has 2 aromatic rings. The molecule has 1 atom stereocenters. The van der Waals surface area contributed by atoms with Gasteiger partial charge in [-0.3, -0.25) is 0 Å². The van der Waals surface area contributed by atoms with E-state index in [2.05, 4.69) is 9.46 Å². The van der Waals surface area contributed by atoms with E-state index in [0.29, 0.717) is 6.61 Å². The van der Waals surface area contributed by atoms with Gasteiger partial charge in [-0.25, -0.2) is 22.7 Å². The molecule has 2 heterocycles. The zero-order chi connectivity index (χ0) is 20.9. The second-order valence-electron chi connectivity index (χ2n) is 6.34. The van der Waals surface area contributed by atoms with E-state index < -0.39 is 22.0 Å². The summed E-state index contributed by atoms with van der Waals surface area (Å²) in [5.74, 6) is -1.13. The molecule has 29 heavy (non-hydrogen) atoms. The van der Waals surface area contributed by atoms with Crippen LogP contribution >= 0.6 is 0 Å². The first-order valence-corrected chi connectivity index (χ1v) is 10.4. The van der Waals surface area contributed by atoms with Crippen molar-refractivity contribution >= 4 is 22.0 Å². The van der Waals surface area contributed by atoms with Crippen LogP contribution in [0.25, 0.3) is 0 Å². The molecule has 0 radical (unpaired) electrons. The zero-order valence-corrected chi connectivity index (χ0v) is 16.6. The van der Waals surface area contributed by atoms with Gasteiger partial charge in [0.05, 0.1) is 29.9 Å². The van der Waals surface area contributed by atoms with Gasteiger partial charge in [-0.05, 0) is 43.2 Å². The molecular weight excluding hydrogens is 402 g/mol. The summed E-state index contributed by atoms with van der Waals surface area (Å²) in [5, 5.41) is 0. The Hall–Kier alpha value is -2.69. The van der Waals surface area contributed by atoms with Crippen molar-refractivity contribution in [1.82, 2.24) is 4.72 Å². The topological polar surface area (TPSA) is 121 Å². The highest BCUT2D eigenvalue weighted by Crippen LogP contribution is 2.16. The van der Waals surface area contributed by atoms with E-state index in [1.54, 1.807) is 0 Å². The van der Waals surface area contributed by atoms with Crippen LogP contribution < -0.4 is 4.72 Å². The van der Waals surface area contributed by atoms with E-state index in [4.69, 9.17) is 13.9 Å². The smallest absolute Gasteiger partial charge is 0.341 e. The zero-order valence-electron chi connectivity index (χ0n) is 15.8. The van der Waals surface area contributed by atoms with Crippen LogP contribution in [0.4, 0.5) is 0 Å². The number of benzene rings is 1. The Balaban J connectivity index is 1.58. The highest BCUT2D eigenvalue weighted by molar-refractivity contribution is 7.89. The monoisotopic (exact) mass is 423 g/mol. The molecular formula is C19H21NO8S. The van der Waals surface area contributed by atoms with Crippen LogP contribution in [-0.2, 0) is 30.8 Å². The molecule has 1 fully saturated rings. The SMILES string of the molecule is COC(=O)c1ccoc1COC(=O)c1ccc(S(=O)(=O)NCC2CCCO2)cc1. The molecule has 0 saturated carbocycles. The standard InChI is InChI=1S/C19H21NO8S/c1-25-19(22)16-8-10-27-17(16)12-28-18(21)13-4-6-15(7-5-13)29(23,24)20-11-14-3-2-9-26-14/h4-8,10,14,20H,2-3,9,11-12H2,1H3. The average Bonchev–Trinajstić information content (AvgIpc) is 3.42. The molecule has 156 valence electrons. The maximum absolute atomic E-state index is 12.3. The Morgan fingerprint density at radius 2 is 1.93 bits per heavy atom. The number of hydrogen-bond donors (Lipinski definition) is 1. The van der Waals surface area contributed by atoms with Crippen molar-refractivity contribution in [2.45, 2.75) is 30.4 Å². The largest absolute Gasteiger partial charge is 0.465 e. The Labute approximate surface area is 168 Å². The number of nitrogens with one attached hydrogen (secondary N) is 1. The van der Waals surface area contributed by atoms with Crippen molar-refractivity contribution in [3.05, 3.63) is 53.5 Å². The maximum Gasteiger partial charge on any atom is 0.341 e. The number of carbonyl (C=O) groups excluding carboxylic acids is 2. The van der Waals surface area contributed by atoms with Crippen LogP contribution in [0.3, 0.4) is 0 Å². The normalized spacial score (nSPS) is 16.5. The lowest BCUT2D eigenvalue weighted by Gasteiger charge is -2.11. The maximum atomic E-state index is 12.3. The van der Waals surface area contributed by atoms with Crippen LogP contribution in [0.5, 0.6) is 0 Å². The van der Waals surface area contributed by atoms with Gasteiger partial charge in [0.2, 0.25) is 10.0 Å². The van der Waals surface area contributed by atoms with E-state index in [-0.39, 0.29) is 41.0 Å². The third kappa shape index (κ3) is 5.22. The van der Waals surface area contributed by atoms with Crippen molar-refractivity contribution in [2.75, 3.05) is 20.3 Å². The lowest BCUT2D eigenvalue weighted by molar-refractivity contribution is 0.0432. The summed E-state index contributed by atoms with van der Waals surface area (Å²) in [6.07, 6.45) is 2.91. The number of hydrogen-bond acceptors (Lipinski definition) is 8. The first-order chi connectivity index (χ1) is 13.9. The van der Waals surface area contributed by atoms with Gasteiger partial charge in [-0.2, -0.15) is 0 Å². The molecule has 1 aromatic heterocycles. The molecule has 9 nitrogen and oxygen atoms in total. The third-order valence-electron chi connectivity index (χ3n) is 4.41. The van der Waals surface area contributed by atoms with E-state index in [0.717, 1.165) is 12.8 Å². The summed E-state index contributed by atoms with van der Waals surface area (Å²) in [5.41, 5.74) is 0.327. The number of esters is 2. The number of carbonyl (C=O) groups is 2. The van der Waals surface area contributed by atoms with Crippen LogP contribution in [0, 0.1) is 0 Å². The average molecular weight is 423 g/mol. The summed E-state index contributed by atoms with van der Waals surface area (Å²) < 4.78 is 47.5. The second-order valence-corrected chi connectivity index (χ2v) is 8.10. The van der Waals surface area contributed by atoms with Crippen molar-refractivity contribution in [3.8, 4) is 0 Å². The lowest BCUT2D eigenvalue weighted by Crippen LogP contribution is -2.31. The van der Waals surface area contributed by atoms with Crippen molar-refractivity contribution in [1.29, 1.82) is 0 Å². The van der Waals surface area contributed by atoms with Gasteiger partial charge in [-0.1, -0.05) is 0 Å². The van der Waals surface area contributed by atoms with Gasteiger partial charge >= 0.3 is 11.9 Å². The van der Waals surface area contributed by atoms with Gasteiger partial charge in [0.25, 0.3) is 0 Å². The highest BCUT2D eigenvalue weighted by atomic mass is 32.2. The first kappa shape index (κ1) is 21.0. The Morgan fingerprint density at radius 3 is 2.59 bits per heavy atom. The van der Waals surface area contributed by atoms with Crippen LogP contribution in [0.1, 0.15) is 39.3 Å². The Morgan fingerprint density at radius 1 is 1.17 bits per heavy atom. The van der Waals surface area contributed by atoms with Gasteiger partial charge < -0.3 is 18.6 Å². The van der Waals surface area contributed by atoms with E-state index in [1.165, 1.54) is 43.7 Å². The minimum Gasteiger partial charge on any atom is -0.465 e. The molecule has 1 saturated heterocycles. The van der Waals surface area contributed by atoms with Gasteiger partial charge in [0.1, 0.15) is 5.56 Å². The van der Waals surface area contributed by atoms with Gasteiger partial charge in [0, 0.05) is 13.2 Å².